The fourth-order valence-corrected chi connectivity index (χ4v) is 3.82. The van der Waals surface area contributed by atoms with Crippen LogP contribution >= 0.6 is 0 Å². The molecule has 1 unspecified atom stereocenters. The van der Waals surface area contributed by atoms with Crippen LogP contribution in [-0.2, 0) is 22.6 Å². The van der Waals surface area contributed by atoms with Crippen molar-refractivity contribution in [3.63, 3.8) is 0 Å². The third-order valence-corrected chi connectivity index (χ3v) is 5.52. The minimum absolute atomic E-state index is 0.0328. The maximum Gasteiger partial charge on any atom is 0.237 e. The van der Waals surface area contributed by atoms with E-state index in [0.717, 1.165) is 38.9 Å². The van der Waals surface area contributed by atoms with E-state index in [-0.39, 0.29) is 11.8 Å². The normalized spacial score (nSPS) is 15.9. The van der Waals surface area contributed by atoms with Gasteiger partial charge in [0.25, 0.3) is 0 Å². The second kappa shape index (κ2) is 11.7. The molecule has 0 bridgehead atoms. The highest BCUT2D eigenvalue weighted by Crippen LogP contribution is 2.17. The number of nitrogens with two attached hydrogens (primary N) is 1. The van der Waals surface area contributed by atoms with E-state index >= 15 is 0 Å². The molecule has 1 amide bonds. The molecule has 0 aromatic heterocycles. The topological polar surface area (TPSA) is 67.6 Å². The summed E-state index contributed by atoms with van der Waals surface area (Å²) >= 11 is 0. The van der Waals surface area contributed by atoms with Crippen molar-refractivity contribution in [3.8, 4) is 0 Å². The number of nitrogens with one attached hydrogen (secondary N) is 1. The van der Waals surface area contributed by atoms with Crippen LogP contribution in [0, 0.1) is 5.92 Å². The van der Waals surface area contributed by atoms with Gasteiger partial charge in [-0.2, -0.15) is 0 Å². The third kappa shape index (κ3) is 7.28. The molecule has 0 radical (unpaired) electrons. The predicted octanol–water partition coefficient (Wildman–Crippen LogP) is 2.95. The van der Waals surface area contributed by atoms with E-state index in [1.807, 2.05) is 12.1 Å². The lowest BCUT2D eigenvalue weighted by atomic mass is 9.92. The minimum atomic E-state index is -0.427. The zero-order chi connectivity index (χ0) is 20.3. The molecule has 1 aliphatic rings. The number of ether oxygens (including phenoxy) is 1. The van der Waals surface area contributed by atoms with Crippen molar-refractivity contribution < 1.29 is 9.53 Å². The van der Waals surface area contributed by atoms with Crippen LogP contribution < -0.4 is 11.1 Å². The number of benzene rings is 2. The molecule has 156 valence electrons. The average Bonchev–Trinajstić information content (AvgIpc) is 2.78. The Balaban J connectivity index is 1.46. The van der Waals surface area contributed by atoms with Gasteiger partial charge >= 0.3 is 0 Å². The Kier molecular flexibility index (Phi) is 8.68. The molecule has 1 atom stereocenters. The molecule has 1 heterocycles. The Morgan fingerprint density at radius 3 is 2.10 bits per heavy atom. The van der Waals surface area contributed by atoms with E-state index in [2.05, 4.69) is 58.7 Å². The maximum atomic E-state index is 12.4. The Morgan fingerprint density at radius 2 is 1.55 bits per heavy atom. The number of carbonyl (C=O) groups excluding carboxylic acids is 1. The lowest BCUT2D eigenvalue weighted by Gasteiger charge is -2.27. The van der Waals surface area contributed by atoms with E-state index in [1.165, 1.54) is 11.1 Å². The SMILES string of the molecule is NC(C(=O)NCCCN(Cc1ccccc1)Cc1ccccc1)C1CCOCC1. The van der Waals surface area contributed by atoms with Crippen molar-refractivity contribution in [3.05, 3.63) is 71.8 Å². The van der Waals surface area contributed by atoms with Crippen LogP contribution in [0.2, 0.25) is 0 Å². The van der Waals surface area contributed by atoms with Crippen LogP contribution in [0.25, 0.3) is 0 Å². The summed E-state index contributed by atoms with van der Waals surface area (Å²) in [6.07, 6.45) is 2.64. The van der Waals surface area contributed by atoms with Gasteiger partial charge in [-0.15, -0.1) is 0 Å². The molecule has 0 saturated carbocycles. The summed E-state index contributed by atoms with van der Waals surface area (Å²) in [5.74, 6) is 0.200. The van der Waals surface area contributed by atoms with Crippen LogP contribution in [0.3, 0.4) is 0 Å². The molecule has 3 rings (SSSR count). The summed E-state index contributed by atoms with van der Waals surface area (Å²) in [5.41, 5.74) is 8.76. The molecule has 2 aromatic carbocycles. The number of nitrogens with zero attached hydrogens (tertiary/aromatic N) is 1. The summed E-state index contributed by atoms with van der Waals surface area (Å²) in [6, 6.07) is 20.6. The molecule has 0 spiro atoms. The van der Waals surface area contributed by atoms with Gasteiger partial charge in [-0.05, 0) is 36.3 Å². The molecule has 29 heavy (non-hydrogen) atoms. The molecule has 2 aromatic rings. The smallest absolute Gasteiger partial charge is 0.237 e. The fraction of sp³-hybridized carbons (Fsp3) is 0.458. The largest absolute Gasteiger partial charge is 0.381 e. The molecule has 1 aliphatic heterocycles. The monoisotopic (exact) mass is 395 g/mol. The summed E-state index contributed by atoms with van der Waals surface area (Å²) in [6.45, 7) is 4.77. The van der Waals surface area contributed by atoms with Gasteiger partial charge in [0, 0.05) is 39.4 Å². The Bertz CT molecular complexity index is 676. The van der Waals surface area contributed by atoms with E-state index in [0.29, 0.717) is 19.8 Å². The van der Waals surface area contributed by atoms with Crippen LogP contribution in [0.1, 0.15) is 30.4 Å². The maximum absolute atomic E-state index is 12.4. The first-order valence-electron chi connectivity index (χ1n) is 10.6. The molecule has 5 nitrogen and oxygen atoms in total. The summed E-state index contributed by atoms with van der Waals surface area (Å²) in [7, 11) is 0. The first-order chi connectivity index (χ1) is 14.2. The lowest BCUT2D eigenvalue weighted by molar-refractivity contribution is -0.124. The summed E-state index contributed by atoms with van der Waals surface area (Å²) in [5, 5.41) is 3.03. The number of carbonyl (C=O) groups is 1. The van der Waals surface area contributed by atoms with Crippen molar-refractivity contribution in [1.29, 1.82) is 0 Å². The molecule has 0 aliphatic carbocycles. The highest BCUT2D eigenvalue weighted by Gasteiger charge is 2.26. The van der Waals surface area contributed by atoms with Crippen molar-refractivity contribution in [1.82, 2.24) is 10.2 Å². The summed E-state index contributed by atoms with van der Waals surface area (Å²) in [4.78, 5) is 14.8. The molecule has 1 saturated heterocycles. The van der Waals surface area contributed by atoms with Crippen LogP contribution in [0.15, 0.2) is 60.7 Å². The van der Waals surface area contributed by atoms with Crippen LogP contribution in [0.5, 0.6) is 0 Å². The number of hydrogen-bond acceptors (Lipinski definition) is 4. The van der Waals surface area contributed by atoms with E-state index in [4.69, 9.17) is 10.5 Å². The number of hydrogen-bond donors (Lipinski definition) is 2. The first-order valence-corrected chi connectivity index (χ1v) is 10.6. The van der Waals surface area contributed by atoms with Gasteiger partial charge in [-0.3, -0.25) is 9.69 Å². The van der Waals surface area contributed by atoms with Crippen molar-refractivity contribution in [2.24, 2.45) is 11.7 Å². The van der Waals surface area contributed by atoms with Gasteiger partial charge in [-0.1, -0.05) is 60.7 Å². The quantitative estimate of drug-likeness (QED) is 0.607. The highest BCUT2D eigenvalue weighted by atomic mass is 16.5. The number of rotatable bonds is 10. The van der Waals surface area contributed by atoms with Crippen LogP contribution in [0.4, 0.5) is 0 Å². The van der Waals surface area contributed by atoms with Gasteiger partial charge < -0.3 is 15.8 Å². The van der Waals surface area contributed by atoms with Crippen LogP contribution in [-0.4, -0.2) is 43.2 Å². The average molecular weight is 396 g/mol. The molecule has 3 N–H and O–H groups in total. The molecule has 1 fully saturated rings. The van der Waals surface area contributed by atoms with Crippen molar-refractivity contribution in [2.75, 3.05) is 26.3 Å². The second-order valence-corrected chi connectivity index (χ2v) is 7.80. The number of amides is 1. The Hall–Kier alpha value is -2.21. The highest BCUT2D eigenvalue weighted by molar-refractivity contribution is 5.81. The zero-order valence-electron chi connectivity index (χ0n) is 17.1. The second-order valence-electron chi connectivity index (χ2n) is 7.80. The third-order valence-electron chi connectivity index (χ3n) is 5.52. The van der Waals surface area contributed by atoms with Gasteiger partial charge in [0.05, 0.1) is 6.04 Å². The standard InChI is InChI=1S/C24H33N3O2/c25-23(22-12-16-29-17-13-22)24(28)26-14-7-15-27(18-20-8-3-1-4-9-20)19-21-10-5-2-6-11-21/h1-6,8-11,22-23H,7,12-19,25H2,(H,26,28). The summed E-state index contributed by atoms with van der Waals surface area (Å²) < 4.78 is 5.36. The zero-order valence-corrected chi connectivity index (χ0v) is 17.1. The predicted molar refractivity (Wildman–Crippen MR) is 116 cm³/mol. The lowest BCUT2D eigenvalue weighted by Crippen LogP contribution is -2.47. The minimum Gasteiger partial charge on any atom is -0.381 e. The van der Waals surface area contributed by atoms with Gasteiger partial charge in [0.15, 0.2) is 0 Å². The van der Waals surface area contributed by atoms with E-state index in [9.17, 15) is 4.79 Å². The Morgan fingerprint density at radius 1 is 1.00 bits per heavy atom. The van der Waals surface area contributed by atoms with E-state index < -0.39 is 6.04 Å². The molecular weight excluding hydrogens is 362 g/mol. The molecular formula is C24H33N3O2. The van der Waals surface area contributed by atoms with Gasteiger partial charge in [0.1, 0.15) is 0 Å². The fourth-order valence-electron chi connectivity index (χ4n) is 3.82. The first kappa shape index (κ1) is 21.5. The van der Waals surface area contributed by atoms with Gasteiger partial charge in [0.2, 0.25) is 5.91 Å². The van der Waals surface area contributed by atoms with Crippen molar-refractivity contribution in [2.45, 2.75) is 38.4 Å². The van der Waals surface area contributed by atoms with Crippen molar-refractivity contribution >= 4 is 5.91 Å². The molecule has 5 heteroatoms. The van der Waals surface area contributed by atoms with E-state index in [1.54, 1.807) is 0 Å². The Labute approximate surface area is 174 Å². The van der Waals surface area contributed by atoms with Gasteiger partial charge in [-0.25, -0.2) is 0 Å².